The molecule has 0 N–H and O–H groups in total. The zero-order valence-electron chi connectivity index (χ0n) is 29.9. The molecule has 55 heavy (non-hydrogen) atoms. The van der Waals surface area contributed by atoms with Gasteiger partial charge in [0, 0.05) is 27.3 Å². The molecule has 2 heteroatoms. The number of hydrogen-bond donors (Lipinski definition) is 0. The lowest BCUT2D eigenvalue weighted by molar-refractivity contribution is 0.669. The Morgan fingerprint density at radius 1 is 0.345 bits per heavy atom. The SMILES string of the molecule is c1ccc(N(c2cccc3c2-c2ccccc2C32c3ccccc3-c3ccccc32)c2cccc3ccccc23)c(-c2ccc3oc4ccccc4c3c2)c1. The molecular weight excluding hydrogens is 667 g/mol. The highest BCUT2D eigenvalue weighted by molar-refractivity contribution is 6.09. The van der Waals surface area contributed by atoms with E-state index in [1.54, 1.807) is 0 Å². The largest absolute Gasteiger partial charge is 0.456 e. The number of fused-ring (bicyclic) bond motifs is 14. The lowest BCUT2D eigenvalue weighted by Gasteiger charge is -2.33. The van der Waals surface area contributed by atoms with Gasteiger partial charge in [0.15, 0.2) is 0 Å². The van der Waals surface area contributed by atoms with E-state index in [9.17, 15) is 0 Å². The number of furan rings is 1. The van der Waals surface area contributed by atoms with Gasteiger partial charge in [-0.1, -0.05) is 164 Å². The summed E-state index contributed by atoms with van der Waals surface area (Å²) in [5.74, 6) is 0. The fraction of sp³-hybridized carbons (Fsp3) is 0.0189. The molecule has 0 radical (unpaired) electrons. The lowest BCUT2D eigenvalue weighted by atomic mass is 9.70. The third kappa shape index (κ3) is 4.08. The zero-order chi connectivity index (χ0) is 36.1. The van der Waals surface area contributed by atoms with Crippen LogP contribution in [0.25, 0.3) is 66.1 Å². The molecule has 12 rings (SSSR count). The Kier molecular flexibility index (Phi) is 6.29. The molecule has 0 aliphatic heterocycles. The first-order valence-electron chi connectivity index (χ1n) is 19.0. The van der Waals surface area contributed by atoms with Crippen LogP contribution in [0, 0.1) is 0 Å². The number of para-hydroxylation sites is 2. The maximum Gasteiger partial charge on any atom is 0.135 e. The quantitative estimate of drug-likeness (QED) is 0.182. The van der Waals surface area contributed by atoms with Crippen LogP contribution in [0.15, 0.2) is 205 Å². The van der Waals surface area contributed by atoms with Crippen LogP contribution in [0.2, 0.25) is 0 Å². The van der Waals surface area contributed by atoms with E-state index in [0.717, 1.165) is 50.1 Å². The predicted molar refractivity (Wildman–Crippen MR) is 228 cm³/mol. The number of nitrogens with zero attached hydrogens (tertiary/aromatic N) is 1. The number of anilines is 3. The molecule has 2 aliphatic rings. The van der Waals surface area contributed by atoms with Crippen molar-refractivity contribution in [3.8, 4) is 33.4 Å². The van der Waals surface area contributed by atoms with Crippen LogP contribution < -0.4 is 4.90 Å². The van der Waals surface area contributed by atoms with E-state index in [4.69, 9.17) is 4.42 Å². The van der Waals surface area contributed by atoms with Gasteiger partial charge in [0.05, 0.1) is 22.5 Å². The standard InChI is InChI=1S/C53H33NO/c1-2-17-36-34(15-1)16-13-28-48(36)54(47-27-11-6-18-37(47)35-31-32-51-42(33-35)40-21-7-12-30-50(40)55-51)49-29-14-26-46-52(49)41-22-5-10-25-45(41)53(46)43-23-8-3-19-38(43)39-20-4-9-24-44(39)53/h1-33H. The maximum absolute atomic E-state index is 6.28. The van der Waals surface area contributed by atoms with Crippen molar-refractivity contribution in [1.82, 2.24) is 0 Å². The Morgan fingerprint density at radius 2 is 0.873 bits per heavy atom. The van der Waals surface area contributed by atoms with Crippen molar-refractivity contribution >= 4 is 49.8 Å². The van der Waals surface area contributed by atoms with Gasteiger partial charge in [-0.05, 0) is 86.3 Å². The molecule has 1 heterocycles. The minimum atomic E-state index is -0.438. The highest BCUT2D eigenvalue weighted by Crippen LogP contribution is 2.65. The van der Waals surface area contributed by atoms with E-state index in [0.29, 0.717) is 0 Å². The Labute approximate surface area is 319 Å². The third-order valence-electron chi connectivity index (χ3n) is 12.1. The summed E-state index contributed by atoms with van der Waals surface area (Å²) in [6.45, 7) is 0. The Bertz CT molecular complexity index is 3130. The van der Waals surface area contributed by atoms with Crippen LogP contribution >= 0.6 is 0 Å². The van der Waals surface area contributed by atoms with Gasteiger partial charge in [0.1, 0.15) is 11.2 Å². The van der Waals surface area contributed by atoms with E-state index in [1.807, 2.05) is 12.1 Å². The molecule has 0 amide bonds. The highest BCUT2D eigenvalue weighted by atomic mass is 16.3. The fourth-order valence-electron chi connectivity index (χ4n) is 9.91. The Morgan fingerprint density at radius 3 is 1.67 bits per heavy atom. The van der Waals surface area contributed by atoms with Gasteiger partial charge in [-0.3, -0.25) is 0 Å². The van der Waals surface area contributed by atoms with Crippen molar-refractivity contribution in [2.75, 3.05) is 4.90 Å². The second-order valence-electron chi connectivity index (χ2n) is 14.7. The highest BCUT2D eigenvalue weighted by Gasteiger charge is 2.52. The molecule has 1 spiro atoms. The summed E-state index contributed by atoms with van der Waals surface area (Å²) in [7, 11) is 0. The molecule has 2 aliphatic carbocycles. The second-order valence-corrected chi connectivity index (χ2v) is 14.7. The molecular formula is C53H33NO. The third-order valence-corrected chi connectivity index (χ3v) is 12.1. The molecule has 10 aromatic rings. The van der Waals surface area contributed by atoms with E-state index < -0.39 is 5.41 Å². The summed E-state index contributed by atoms with van der Waals surface area (Å²) in [5.41, 5.74) is 17.6. The van der Waals surface area contributed by atoms with Gasteiger partial charge in [0.2, 0.25) is 0 Å². The van der Waals surface area contributed by atoms with Gasteiger partial charge in [-0.15, -0.1) is 0 Å². The molecule has 0 fully saturated rings. The zero-order valence-corrected chi connectivity index (χ0v) is 29.9. The molecule has 256 valence electrons. The van der Waals surface area contributed by atoms with Crippen molar-refractivity contribution in [1.29, 1.82) is 0 Å². The normalized spacial score (nSPS) is 13.2. The molecule has 0 atom stereocenters. The van der Waals surface area contributed by atoms with Crippen LogP contribution in [-0.2, 0) is 5.41 Å². The first-order chi connectivity index (χ1) is 27.3. The Balaban J connectivity index is 1.18. The van der Waals surface area contributed by atoms with Gasteiger partial charge < -0.3 is 9.32 Å². The van der Waals surface area contributed by atoms with Crippen LogP contribution in [0.3, 0.4) is 0 Å². The number of hydrogen-bond acceptors (Lipinski definition) is 2. The second kappa shape index (κ2) is 11.4. The first kappa shape index (κ1) is 30.3. The monoisotopic (exact) mass is 699 g/mol. The molecule has 0 saturated carbocycles. The van der Waals surface area contributed by atoms with E-state index in [2.05, 4.69) is 193 Å². The first-order valence-corrected chi connectivity index (χ1v) is 19.0. The molecule has 9 aromatic carbocycles. The van der Waals surface area contributed by atoms with Gasteiger partial charge in [-0.2, -0.15) is 0 Å². The molecule has 1 aromatic heterocycles. The minimum absolute atomic E-state index is 0.438. The Hall–Kier alpha value is -7.16. The summed E-state index contributed by atoms with van der Waals surface area (Å²) < 4.78 is 6.28. The summed E-state index contributed by atoms with van der Waals surface area (Å²) in [6.07, 6.45) is 0. The topological polar surface area (TPSA) is 16.4 Å². The lowest BCUT2D eigenvalue weighted by Crippen LogP contribution is -2.26. The van der Waals surface area contributed by atoms with Crippen molar-refractivity contribution in [3.05, 3.63) is 222 Å². The molecule has 0 unspecified atom stereocenters. The number of benzene rings is 9. The van der Waals surface area contributed by atoms with Crippen molar-refractivity contribution in [2.24, 2.45) is 0 Å². The maximum atomic E-state index is 6.28. The van der Waals surface area contributed by atoms with E-state index >= 15 is 0 Å². The van der Waals surface area contributed by atoms with Gasteiger partial charge >= 0.3 is 0 Å². The predicted octanol–water partition coefficient (Wildman–Crippen LogP) is 14.2. The van der Waals surface area contributed by atoms with Gasteiger partial charge in [0.25, 0.3) is 0 Å². The van der Waals surface area contributed by atoms with Crippen LogP contribution in [0.5, 0.6) is 0 Å². The fourth-order valence-corrected chi connectivity index (χ4v) is 9.91. The summed E-state index contributed by atoms with van der Waals surface area (Å²) in [6, 6.07) is 73.4. The van der Waals surface area contributed by atoms with Crippen LogP contribution in [0.4, 0.5) is 17.1 Å². The number of rotatable bonds is 4. The van der Waals surface area contributed by atoms with Crippen molar-refractivity contribution in [2.45, 2.75) is 5.41 Å². The summed E-state index contributed by atoms with van der Waals surface area (Å²) in [5, 5.41) is 4.65. The van der Waals surface area contributed by atoms with Crippen molar-refractivity contribution < 1.29 is 4.42 Å². The molecule has 2 nitrogen and oxygen atoms in total. The minimum Gasteiger partial charge on any atom is -0.456 e. The van der Waals surface area contributed by atoms with Crippen LogP contribution in [-0.4, -0.2) is 0 Å². The van der Waals surface area contributed by atoms with E-state index in [-0.39, 0.29) is 0 Å². The average Bonchev–Trinajstić information content (AvgIpc) is 3.88. The van der Waals surface area contributed by atoms with Crippen molar-refractivity contribution in [3.63, 3.8) is 0 Å². The summed E-state index contributed by atoms with van der Waals surface area (Å²) >= 11 is 0. The molecule has 0 bridgehead atoms. The van der Waals surface area contributed by atoms with Crippen LogP contribution in [0.1, 0.15) is 22.3 Å². The van der Waals surface area contributed by atoms with E-state index in [1.165, 1.54) is 55.3 Å². The summed E-state index contributed by atoms with van der Waals surface area (Å²) in [4.78, 5) is 2.52. The smallest absolute Gasteiger partial charge is 0.135 e. The molecule has 0 saturated heterocycles. The average molecular weight is 700 g/mol. The van der Waals surface area contributed by atoms with Gasteiger partial charge in [-0.25, -0.2) is 0 Å².